The molecule has 0 aliphatic heterocycles. The zero-order chi connectivity index (χ0) is 38.4. The van der Waals surface area contributed by atoms with Crippen molar-refractivity contribution in [3.63, 3.8) is 0 Å². The summed E-state index contributed by atoms with van der Waals surface area (Å²) < 4.78 is 363. The van der Waals surface area contributed by atoms with Crippen molar-refractivity contribution < 1.29 is 128 Å². The van der Waals surface area contributed by atoms with Crippen LogP contribution in [0.25, 0.3) is 0 Å². The molecule has 0 saturated heterocycles. The van der Waals surface area contributed by atoms with Crippen LogP contribution in [0.2, 0.25) is 0 Å². The van der Waals surface area contributed by atoms with E-state index in [0.717, 1.165) is 0 Å². The maximum absolute atomic E-state index is 14.1. The second-order valence-corrected chi connectivity index (χ2v) is 8.51. The third-order valence-corrected chi connectivity index (χ3v) is 5.32. The first-order chi connectivity index (χ1) is 19.3. The number of halogens is 27. The van der Waals surface area contributed by atoms with Crippen molar-refractivity contribution in [1.82, 2.24) is 0 Å². The first-order valence-corrected chi connectivity index (χ1v) is 9.82. The Morgan fingerprint density at radius 3 is 0.804 bits per heavy atom. The molecule has 0 fully saturated rings. The van der Waals surface area contributed by atoms with Crippen LogP contribution in [-0.4, -0.2) is 83.4 Å². The van der Waals surface area contributed by atoms with Gasteiger partial charge in [-0.1, -0.05) is 6.58 Å². The van der Waals surface area contributed by atoms with Crippen LogP contribution in [0, 0.1) is 0 Å². The van der Waals surface area contributed by atoms with Gasteiger partial charge in [0.2, 0.25) is 0 Å². The molecule has 2 nitrogen and oxygen atoms in total. The Balaban J connectivity index is 7.74. The van der Waals surface area contributed by atoms with E-state index in [0.29, 0.717) is 0 Å². The van der Waals surface area contributed by atoms with Gasteiger partial charge in [0.05, 0.1) is 0 Å². The third kappa shape index (κ3) is 5.14. The van der Waals surface area contributed by atoms with Gasteiger partial charge in [0.15, 0.2) is 0 Å². The van der Waals surface area contributed by atoms with Gasteiger partial charge >= 0.3 is 83.4 Å². The molecule has 0 aromatic rings. The van der Waals surface area contributed by atoms with E-state index in [1.54, 1.807) is 0 Å². The first-order valence-electron chi connectivity index (χ1n) is 9.82. The highest BCUT2D eigenvalue weighted by Crippen LogP contribution is 2.69. The summed E-state index contributed by atoms with van der Waals surface area (Å²) in [5.74, 6) is -88.8. The lowest BCUT2D eigenvalue weighted by Crippen LogP contribution is -2.80. The molecule has 0 bridgehead atoms. The van der Waals surface area contributed by atoms with E-state index < -0.39 is 89.0 Å². The Hall–Kier alpha value is -2.68. The quantitative estimate of drug-likeness (QED) is 0.120. The van der Waals surface area contributed by atoms with Crippen molar-refractivity contribution in [1.29, 1.82) is 0 Å². The van der Waals surface area contributed by atoms with Crippen LogP contribution in [0.4, 0.5) is 119 Å². The van der Waals surface area contributed by atoms with Crippen LogP contribution in [0.5, 0.6) is 0 Å². The van der Waals surface area contributed by atoms with Crippen molar-refractivity contribution >= 4 is 5.97 Å². The van der Waals surface area contributed by atoms with Crippen LogP contribution < -0.4 is 0 Å². The van der Waals surface area contributed by atoms with E-state index in [4.69, 9.17) is 0 Å². The summed E-state index contributed by atoms with van der Waals surface area (Å²) in [6, 6.07) is 0. The molecule has 0 amide bonds. The fraction of sp³-hybridized carbons (Fsp3) is 0.824. The highest BCUT2D eigenvalue weighted by Gasteiger charge is 3.01. The van der Waals surface area contributed by atoms with Crippen molar-refractivity contribution in [2.24, 2.45) is 0 Å². The summed E-state index contributed by atoms with van der Waals surface area (Å²) in [4.78, 5) is 11.0. The van der Waals surface area contributed by atoms with Crippen molar-refractivity contribution in [3.05, 3.63) is 12.2 Å². The van der Waals surface area contributed by atoms with E-state index in [1.165, 1.54) is 0 Å². The predicted octanol–water partition coefficient (Wildman–Crippen LogP) is 9.25. The molecule has 46 heavy (non-hydrogen) atoms. The van der Waals surface area contributed by atoms with Gasteiger partial charge in [0.1, 0.15) is 0 Å². The molecule has 0 aromatic carbocycles. The zero-order valence-electron chi connectivity index (χ0n) is 20.2. The minimum atomic E-state index is -9.89. The highest BCUT2D eigenvalue weighted by atomic mass is 19.4. The van der Waals surface area contributed by atoms with Gasteiger partial charge in [0, 0.05) is 5.57 Å². The van der Waals surface area contributed by atoms with Crippen molar-refractivity contribution in [2.45, 2.75) is 84.4 Å². The molecule has 0 aromatic heterocycles. The Labute approximate surface area is 232 Å². The third-order valence-electron chi connectivity index (χ3n) is 5.32. The molecule has 29 heteroatoms. The number of hydrogen-bond donors (Lipinski definition) is 0. The molecule has 0 rings (SSSR count). The minimum Gasteiger partial charge on any atom is -0.411 e. The number of ether oxygens (including phenoxy) is 1. The zero-order valence-corrected chi connectivity index (χ0v) is 20.2. The van der Waals surface area contributed by atoms with E-state index in [2.05, 4.69) is 11.3 Å². The fourth-order valence-electron chi connectivity index (χ4n) is 2.63. The second-order valence-electron chi connectivity index (χ2n) is 8.51. The van der Waals surface area contributed by atoms with Crippen LogP contribution >= 0.6 is 0 Å². The van der Waals surface area contributed by atoms with Crippen LogP contribution in [0.15, 0.2) is 12.2 Å². The molecule has 1 unspecified atom stereocenters. The normalized spacial score (nSPS) is 17.5. The predicted molar refractivity (Wildman–Crippen MR) is 86.3 cm³/mol. The second kappa shape index (κ2) is 10.7. The lowest BCUT2D eigenvalue weighted by molar-refractivity contribution is -0.492. The van der Waals surface area contributed by atoms with Gasteiger partial charge in [-0.15, -0.1) is 0 Å². The smallest absolute Gasteiger partial charge is 0.411 e. The summed E-state index contributed by atoms with van der Waals surface area (Å²) in [5.41, 5.74) is -11.0. The number of hydrogen-bond acceptors (Lipinski definition) is 2. The molecule has 0 radical (unpaired) electrons. The van der Waals surface area contributed by atoms with Gasteiger partial charge < -0.3 is 4.74 Å². The Bertz CT molecular complexity index is 1150. The van der Waals surface area contributed by atoms with Crippen LogP contribution in [0.3, 0.4) is 0 Å². The van der Waals surface area contributed by atoms with E-state index >= 15 is 0 Å². The summed E-state index contributed by atoms with van der Waals surface area (Å²) in [5, 5.41) is 0. The fourth-order valence-corrected chi connectivity index (χ4v) is 2.63. The highest BCUT2D eigenvalue weighted by molar-refractivity contribution is 5.87. The van der Waals surface area contributed by atoms with Crippen LogP contribution in [0.1, 0.15) is 6.92 Å². The van der Waals surface area contributed by atoms with Gasteiger partial charge in [-0.2, -0.15) is 114 Å². The topological polar surface area (TPSA) is 26.3 Å². The average molecular weight is 754 g/mol. The molecule has 0 saturated carbocycles. The molecular weight excluding hydrogens is 749 g/mol. The monoisotopic (exact) mass is 754 g/mol. The molecule has 0 spiro atoms. The number of esters is 1. The van der Waals surface area contributed by atoms with Gasteiger partial charge in [-0.05, 0) is 6.92 Å². The molecule has 0 aliphatic carbocycles. The Morgan fingerprint density at radius 1 is 0.391 bits per heavy atom. The Morgan fingerprint density at radius 2 is 0.609 bits per heavy atom. The van der Waals surface area contributed by atoms with Crippen molar-refractivity contribution in [3.8, 4) is 0 Å². The SMILES string of the molecule is C=C(C)C(=O)OC(F)(C(F)(F)F)C(F)(F)C(F)(F)C(F)(F)C(F)(F)C(F)(F)C(F)(F)C(F)(F)C(F)(F)C(F)(C(F)(F)F)C(F)(F)F. The number of carbonyl (C=O) groups excluding carboxylic acids is 1. The lowest BCUT2D eigenvalue weighted by atomic mass is 9.82. The van der Waals surface area contributed by atoms with E-state index in [-0.39, 0.29) is 6.92 Å². The number of alkyl halides is 27. The maximum atomic E-state index is 14.1. The lowest BCUT2D eigenvalue weighted by Gasteiger charge is -2.46. The van der Waals surface area contributed by atoms with E-state index in [1.807, 2.05) is 0 Å². The summed E-state index contributed by atoms with van der Waals surface area (Å²) in [6.07, 6.45) is -25.5. The minimum absolute atomic E-state index is 0.0282. The molecule has 0 N–H and O–H groups in total. The van der Waals surface area contributed by atoms with Gasteiger partial charge in [-0.25, -0.2) is 9.18 Å². The van der Waals surface area contributed by atoms with Crippen LogP contribution in [-0.2, 0) is 9.53 Å². The first kappa shape index (κ1) is 43.3. The summed E-state index contributed by atoms with van der Waals surface area (Å²) in [7, 11) is 0. The molecular formula is C17H5F27O2. The van der Waals surface area contributed by atoms with Crippen molar-refractivity contribution in [2.75, 3.05) is 0 Å². The van der Waals surface area contributed by atoms with Gasteiger partial charge in [-0.3, -0.25) is 0 Å². The molecule has 1 atom stereocenters. The summed E-state index contributed by atoms with van der Waals surface area (Å²) >= 11 is 0. The molecule has 0 heterocycles. The molecule has 0 aliphatic rings. The van der Waals surface area contributed by atoms with E-state index in [9.17, 15) is 123 Å². The summed E-state index contributed by atoms with van der Waals surface area (Å²) in [6.45, 7) is 2.24. The molecule has 274 valence electrons. The standard InChI is InChI=1S/C17H5F27O2/c1-3(2)4(45)46-14(35,17(42,43)44)13(33,34)12(31,32)11(29,30)10(27,28)9(25,26)8(23,24)7(21,22)6(19,20)5(18,15(36,37)38)16(39,40)41/h1H2,2H3. The largest absolute Gasteiger partial charge is 0.467 e. The maximum Gasteiger partial charge on any atom is 0.467 e. The number of rotatable bonds is 11. The van der Waals surface area contributed by atoms with Gasteiger partial charge in [0.25, 0.3) is 0 Å². The number of carbonyl (C=O) groups is 1. The Kier molecular flexibility index (Phi) is 10.0. The average Bonchev–Trinajstić information content (AvgIpc) is 2.79.